The van der Waals surface area contributed by atoms with Crippen LogP contribution in [-0.2, 0) is 14.3 Å². The molecular weight excluding hydrogens is 659 g/mol. The van der Waals surface area contributed by atoms with E-state index in [9.17, 15) is 19.8 Å². The second kappa shape index (κ2) is 42.8. The Morgan fingerprint density at radius 3 is 1.53 bits per heavy atom. The lowest BCUT2D eigenvalue weighted by molar-refractivity contribution is -0.143. The summed E-state index contributed by atoms with van der Waals surface area (Å²) in [6.45, 7) is 4.83. The number of carbonyl (C=O) groups excluding carboxylic acids is 2. The van der Waals surface area contributed by atoms with Gasteiger partial charge in [0.15, 0.2) is 0 Å². The van der Waals surface area contributed by atoms with Crippen molar-refractivity contribution in [3.8, 4) is 0 Å². The fourth-order valence-corrected chi connectivity index (χ4v) is 6.62. The minimum atomic E-state index is -0.697. The number of carbonyl (C=O) groups is 2. The maximum Gasteiger partial charge on any atom is 0.305 e. The molecule has 0 saturated carbocycles. The number of nitrogens with one attached hydrogen (secondary N) is 1. The van der Waals surface area contributed by atoms with Crippen LogP contribution in [0.3, 0.4) is 0 Å². The second-order valence-electron chi connectivity index (χ2n) is 15.4. The Balaban J connectivity index is 3.58. The van der Waals surface area contributed by atoms with E-state index in [0.29, 0.717) is 32.3 Å². The molecule has 6 heteroatoms. The van der Waals surface area contributed by atoms with Crippen LogP contribution in [0.25, 0.3) is 0 Å². The molecule has 0 saturated heterocycles. The largest absolute Gasteiger partial charge is 0.466 e. The van der Waals surface area contributed by atoms with Crippen LogP contribution < -0.4 is 5.32 Å². The Bertz CT molecular complexity index is 869. The first kappa shape index (κ1) is 51.1. The first-order chi connectivity index (χ1) is 26.0. The lowest BCUT2D eigenvalue weighted by Gasteiger charge is -2.22. The molecule has 0 fully saturated rings. The average molecular weight is 746 g/mol. The first-order valence-electron chi connectivity index (χ1n) is 22.7. The zero-order valence-electron chi connectivity index (χ0n) is 35.0. The van der Waals surface area contributed by atoms with Crippen LogP contribution in [0.2, 0.25) is 0 Å². The summed E-state index contributed by atoms with van der Waals surface area (Å²) >= 11 is 0. The summed E-state index contributed by atoms with van der Waals surface area (Å²) in [5.74, 6) is -0.147. The van der Waals surface area contributed by atoms with Crippen molar-refractivity contribution < 1.29 is 24.5 Å². The lowest BCUT2D eigenvalue weighted by atomic mass is 10.0. The quantitative estimate of drug-likeness (QED) is 0.0329. The third kappa shape index (κ3) is 39.6. The van der Waals surface area contributed by atoms with E-state index >= 15 is 0 Å². The van der Waals surface area contributed by atoms with Crippen molar-refractivity contribution in [2.24, 2.45) is 0 Å². The highest BCUT2D eigenvalue weighted by Crippen LogP contribution is 2.14. The van der Waals surface area contributed by atoms with Crippen molar-refractivity contribution in [3.63, 3.8) is 0 Å². The zero-order valence-corrected chi connectivity index (χ0v) is 35.0. The minimum absolute atomic E-state index is 0.0283. The fourth-order valence-electron chi connectivity index (χ4n) is 6.62. The molecule has 0 aromatic carbocycles. The Morgan fingerprint density at radius 2 is 0.962 bits per heavy atom. The van der Waals surface area contributed by atoms with Crippen LogP contribution in [0.15, 0.2) is 36.5 Å². The van der Waals surface area contributed by atoms with Crippen LogP contribution >= 0.6 is 0 Å². The first-order valence-corrected chi connectivity index (χ1v) is 22.7. The summed E-state index contributed by atoms with van der Waals surface area (Å²) in [6.07, 6.45) is 49.7. The fraction of sp³-hybridized carbons (Fsp3) is 0.830. The van der Waals surface area contributed by atoms with Gasteiger partial charge in [0.2, 0.25) is 5.91 Å². The Kier molecular flexibility index (Phi) is 41.3. The second-order valence-corrected chi connectivity index (χ2v) is 15.4. The number of esters is 1. The molecule has 0 aromatic heterocycles. The van der Waals surface area contributed by atoms with Crippen molar-refractivity contribution in [3.05, 3.63) is 36.5 Å². The maximum absolute atomic E-state index is 12.3. The highest BCUT2D eigenvalue weighted by molar-refractivity contribution is 5.76. The standard InChI is InChI=1S/C47H87NO5/c1-3-5-7-9-11-13-15-21-25-29-33-37-41-47(52)53-42-38-34-30-26-22-18-16-17-20-24-28-32-36-40-46(51)48-44(43-49)45(50)39-35-31-27-23-19-14-12-10-8-6-4-2/h11,13,17,20,28,32,44-45,49-50H,3-10,12,14-16,18-19,21-27,29-31,33-43H2,1-2H3,(H,48,51)/b13-11-,20-17-,32-28-. The van der Waals surface area contributed by atoms with Crippen LogP contribution in [0.5, 0.6) is 0 Å². The number of aliphatic hydroxyl groups is 2. The number of unbranched alkanes of at least 4 members (excludes halogenated alkanes) is 24. The molecule has 0 radical (unpaired) electrons. The summed E-state index contributed by atoms with van der Waals surface area (Å²) in [4.78, 5) is 24.3. The summed E-state index contributed by atoms with van der Waals surface area (Å²) in [6, 6.07) is -0.584. The van der Waals surface area contributed by atoms with Crippen molar-refractivity contribution in [2.75, 3.05) is 13.2 Å². The third-order valence-corrected chi connectivity index (χ3v) is 10.2. The van der Waals surface area contributed by atoms with Gasteiger partial charge in [0.25, 0.3) is 0 Å². The molecule has 0 heterocycles. The summed E-state index contributed by atoms with van der Waals surface area (Å²) in [7, 11) is 0. The van der Waals surface area contributed by atoms with Gasteiger partial charge in [-0.25, -0.2) is 0 Å². The molecule has 2 unspecified atom stereocenters. The molecule has 0 rings (SSSR count). The number of hydrogen-bond acceptors (Lipinski definition) is 5. The number of hydrogen-bond donors (Lipinski definition) is 3. The Morgan fingerprint density at radius 1 is 0.528 bits per heavy atom. The predicted octanol–water partition coefficient (Wildman–Crippen LogP) is 12.9. The predicted molar refractivity (Wildman–Crippen MR) is 227 cm³/mol. The Labute approximate surface area is 328 Å². The van der Waals surface area contributed by atoms with E-state index < -0.39 is 12.1 Å². The smallest absolute Gasteiger partial charge is 0.305 e. The molecular formula is C47H87NO5. The highest BCUT2D eigenvalue weighted by Gasteiger charge is 2.19. The van der Waals surface area contributed by atoms with Gasteiger partial charge in [0.05, 0.1) is 25.4 Å². The van der Waals surface area contributed by atoms with Gasteiger partial charge in [-0.05, 0) is 70.6 Å². The van der Waals surface area contributed by atoms with Crippen molar-refractivity contribution in [1.82, 2.24) is 5.32 Å². The maximum atomic E-state index is 12.3. The monoisotopic (exact) mass is 746 g/mol. The van der Waals surface area contributed by atoms with E-state index in [1.54, 1.807) is 0 Å². The molecule has 2 atom stereocenters. The van der Waals surface area contributed by atoms with Crippen molar-refractivity contribution in [1.29, 1.82) is 0 Å². The number of rotatable bonds is 41. The van der Waals surface area contributed by atoms with Gasteiger partial charge in [0, 0.05) is 12.8 Å². The van der Waals surface area contributed by atoms with Crippen molar-refractivity contribution >= 4 is 11.9 Å². The average Bonchev–Trinajstić information content (AvgIpc) is 3.16. The summed E-state index contributed by atoms with van der Waals surface area (Å²) in [5, 5.41) is 23.0. The van der Waals surface area contributed by atoms with Gasteiger partial charge in [-0.2, -0.15) is 0 Å². The van der Waals surface area contributed by atoms with E-state index in [0.717, 1.165) is 51.4 Å². The van der Waals surface area contributed by atoms with E-state index in [-0.39, 0.29) is 18.5 Å². The van der Waals surface area contributed by atoms with Gasteiger partial charge < -0.3 is 20.3 Å². The summed E-state index contributed by atoms with van der Waals surface area (Å²) < 4.78 is 5.42. The molecule has 0 aliphatic heterocycles. The molecule has 53 heavy (non-hydrogen) atoms. The third-order valence-electron chi connectivity index (χ3n) is 10.2. The van der Waals surface area contributed by atoms with E-state index in [4.69, 9.17) is 4.74 Å². The highest BCUT2D eigenvalue weighted by atomic mass is 16.5. The normalized spacial score (nSPS) is 13.1. The molecule has 0 spiro atoms. The lowest BCUT2D eigenvalue weighted by Crippen LogP contribution is -2.45. The number of allylic oxidation sites excluding steroid dienone is 6. The molecule has 1 amide bonds. The van der Waals surface area contributed by atoms with E-state index in [2.05, 4.69) is 49.5 Å². The number of aliphatic hydroxyl groups excluding tert-OH is 2. The Hall–Kier alpha value is -1.92. The minimum Gasteiger partial charge on any atom is -0.466 e. The number of ether oxygens (including phenoxy) is 1. The SMILES string of the molecule is CCCCC/C=C\CCCCCCCC(=O)OCCCCCCCC/C=C\C/C=C\CCC(=O)NC(CO)C(O)CCCCCCCCCCCCC. The molecule has 0 aliphatic carbocycles. The molecule has 310 valence electrons. The van der Waals surface area contributed by atoms with Crippen LogP contribution in [0, 0.1) is 0 Å². The van der Waals surface area contributed by atoms with Gasteiger partial charge in [0.1, 0.15) is 0 Å². The summed E-state index contributed by atoms with van der Waals surface area (Å²) in [5.41, 5.74) is 0. The molecule has 3 N–H and O–H groups in total. The molecule has 6 nitrogen and oxygen atoms in total. The van der Waals surface area contributed by atoms with Crippen LogP contribution in [0.1, 0.15) is 226 Å². The molecule has 0 aliphatic rings. The van der Waals surface area contributed by atoms with E-state index in [1.807, 2.05) is 6.08 Å². The van der Waals surface area contributed by atoms with Crippen LogP contribution in [-0.4, -0.2) is 47.4 Å². The molecule has 0 bridgehead atoms. The van der Waals surface area contributed by atoms with Gasteiger partial charge in [-0.3, -0.25) is 9.59 Å². The van der Waals surface area contributed by atoms with Crippen LogP contribution in [0.4, 0.5) is 0 Å². The topological polar surface area (TPSA) is 95.9 Å². The van der Waals surface area contributed by atoms with E-state index in [1.165, 1.54) is 135 Å². The van der Waals surface area contributed by atoms with Crippen molar-refractivity contribution in [2.45, 2.75) is 238 Å². The van der Waals surface area contributed by atoms with Gasteiger partial charge >= 0.3 is 5.97 Å². The van der Waals surface area contributed by atoms with Gasteiger partial charge in [-0.1, -0.05) is 179 Å². The number of amides is 1. The zero-order chi connectivity index (χ0) is 38.7. The van der Waals surface area contributed by atoms with Gasteiger partial charge in [-0.15, -0.1) is 0 Å². The molecule has 0 aromatic rings.